The van der Waals surface area contributed by atoms with Crippen molar-refractivity contribution >= 4 is 34.3 Å². The Labute approximate surface area is 144 Å². The molecule has 1 aliphatic rings. The number of rotatable bonds is 3. The molecule has 2 aromatic rings. The van der Waals surface area contributed by atoms with Crippen LogP contribution in [0.15, 0.2) is 24.3 Å². The van der Waals surface area contributed by atoms with Crippen LogP contribution in [0, 0.1) is 5.92 Å². The van der Waals surface area contributed by atoms with Gasteiger partial charge < -0.3 is 21.2 Å². The lowest BCUT2D eigenvalue weighted by molar-refractivity contribution is -0.147. The van der Waals surface area contributed by atoms with Gasteiger partial charge >= 0.3 is 5.97 Å². The number of benzene rings is 1. The van der Waals surface area contributed by atoms with Crippen LogP contribution < -0.4 is 11.5 Å². The fraction of sp³-hybridized carbons (Fsp3) is 0.412. The average molecular weight is 350 g/mol. The summed E-state index contributed by atoms with van der Waals surface area (Å²) >= 11 is 5.98. The molecular formula is C17H20ClN3O3. The summed E-state index contributed by atoms with van der Waals surface area (Å²) < 4.78 is 4.76. The Morgan fingerprint density at radius 2 is 2.12 bits per heavy atom. The highest BCUT2D eigenvalue weighted by atomic mass is 35.5. The minimum Gasteiger partial charge on any atom is -0.469 e. The topological polar surface area (TPSA) is 111 Å². The van der Waals surface area contributed by atoms with E-state index in [0.717, 1.165) is 10.9 Å². The van der Waals surface area contributed by atoms with Crippen molar-refractivity contribution in [3.63, 3.8) is 0 Å². The highest BCUT2D eigenvalue weighted by Crippen LogP contribution is 2.33. The number of nitrogens with one attached hydrogen (secondary N) is 1. The number of H-pyrrole nitrogens is 1. The molecule has 1 aliphatic carbocycles. The van der Waals surface area contributed by atoms with Gasteiger partial charge in [-0.25, -0.2) is 0 Å². The molecule has 3 unspecified atom stereocenters. The molecule has 1 saturated carbocycles. The van der Waals surface area contributed by atoms with Crippen molar-refractivity contribution in [2.45, 2.75) is 30.8 Å². The third kappa shape index (κ3) is 2.81. The summed E-state index contributed by atoms with van der Waals surface area (Å²) in [5, 5.41) is 1.43. The van der Waals surface area contributed by atoms with E-state index >= 15 is 0 Å². The van der Waals surface area contributed by atoms with Crippen molar-refractivity contribution in [2.75, 3.05) is 7.11 Å². The van der Waals surface area contributed by atoms with Gasteiger partial charge in [0, 0.05) is 22.0 Å². The van der Waals surface area contributed by atoms with Crippen LogP contribution in [0.2, 0.25) is 5.02 Å². The highest BCUT2D eigenvalue weighted by molar-refractivity contribution is 6.31. The van der Waals surface area contributed by atoms with Crippen LogP contribution in [0.4, 0.5) is 0 Å². The highest BCUT2D eigenvalue weighted by Gasteiger charge is 2.46. The minimum atomic E-state index is -1.20. The number of carbonyl (C=O) groups excluding carboxylic acids is 2. The Morgan fingerprint density at radius 3 is 2.79 bits per heavy atom. The van der Waals surface area contributed by atoms with Gasteiger partial charge in [0.25, 0.3) is 0 Å². The molecule has 0 bridgehead atoms. The molecule has 5 N–H and O–H groups in total. The Hall–Kier alpha value is -1.89. The molecule has 24 heavy (non-hydrogen) atoms. The summed E-state index contributed by atoms with van der Waals surface area (Å²) in [7, 11) is 1.35. The van der Waals surface area contributed by atoms with Gasteiger partial charge in [-0.2, -0.15) is 0 Å². The maximum absolute atomic E-state index is 12.9. The number of ether oxygens (including phenoxy) is 1. The predicted molar refractivity (Wildman–Crippen MR) is 91.9 cm³/mol. The number of Topliss-reactive ketones (excluding diaryl/α,β-unsaturated/α-hetero) is 1. The number of hydrogen-bond acceptors (Lipinski definition) is 5. The van der Waals surface area contributed by atoms with Gasteiger partial charge in [-0.15, -0.1) is 0 Å². The van der Waals surface area contributed by atoms with Gasteiger partial charge in [0.15, 0.2) is 5.78 Å². The number of fused-ring (bicyclic) bond motifs is 1. The van der Waals surface area contributed by atoms with Crippen molar-refractivity contribution in [3.05, 3.63) is 35.0 Å². The lowest BCUT2D eigenvalue weighted by Gasteiger charge is -2.39. The van der Waals surface area contributed by atoms with Crippen molar-refractivity contribution in [1.82, 2.24) is 4.98 Å². The predicted octanol–water partition coefficient (Wildman–Crippen LogP) is 2.00. The number of aromatic nitrogens is 1. The van der Waals surface area contributed by atoms with E-state index in [-0.39, 0.29) is 17.7 Å². The molecular weight excluding hydrogens is 330 g/mol. The van der Waals surface area contributed by atoms with E-state index in [0.29, 0.717) is 30.0 Å². The Kier molecular flexibility index (Phi) is 4.38. The first-order valence-electron chi connectivity index (χ1n) is 7.80. The van der Waals surface area contributed by atoms with E-state index in [9.17, 15) is 9.59 Å². The lowest BCUT2D eigenvalue weighted by Crippen LogP contribution is -2.64. The van der Waals surface area contributed by atoms with E-state index in [1.54, 1.807) is 18.2 Å². The second-order valence-electron chi connectivity index (χ2n) is 6.39. The first kappa shape index (κ1) is 17.0. The van der Waals surface area contributed by atoms with E-state index in [1.165, 1.54) is 7.11 Å². The number of halogens is 1. The Morgan fingerprint density at radius 1 is 1.38 bits per heavy atom. The molecule has 6 nitrogen and oxygen atoms in total. The third-order valence-corrected chi connectivity index (χ3v) is 5.13. The molecule has 0 radical (unpaired) electrons. The SMILES string of the molecule is COC(=O)C1CCC(N)(C(=O)c2cc3cc(Cl)ccc3[nH]2)C(N)C1. The van der Waals surface area contributed by atoms with Gasteiger partial charge in [0.2, 0.25) is 0 Å². The van der Waals surface area contributed by atoms with Gasteiger partial charge in [-0.1, -0.05) is 11.6 Å². The Balaban J connectivity index is 1.86. The molecule has 0 spiro atoms. The number of ketones is 1. The van der Waals surface area contributed by atoms with E-state index < -0.39 is 11.6 Å². The first-order chi connectivity index (χ1) is 11.3. The molecule has 3 rings (SSSR count). The van der Waals surface area contributed by atoms with Crippen molar-refractivity contribution in [3.8, 4) is 0 Å². The Bertz CT molecular complexity index is 803. The normalized spacial score (nSPS) is 27.2. The summed E-state index contributed by atoms with van der Waals surface area (Å²) in [6.07, 6.45) is 1.15. The van der Waals surface area contributed by atoms with E-state index in [4.69, 9.17) is 27.8 Å². The number of methoxy groups -OCH3 is 1. The minimum absolute atomic E-state index is 0.245. The van der Waals surface area contributed by atoms with Crippen molar-refractivity contribution in [2.24, 2.45) is 17.4 Å². The monoisotopic (exact) mass is 349 g/mol. The van der Waals surface area contributed by atoms with Gasteiger partial charge in [0.05, 0.1) is 24.3 Å². The van der Waals surface area contributed by atoms with Crippen molar-refractivity contribution in [1.29, 1.82) is 0 Å². The molecule has 1 aromatic carbocycles. The molecule has 128 valence electrons. The van der Waals surface area contributed by atoms with Crippen LogP contribution in [0.3, 0.4) is 0 Å². The number of esters is 1. The molecule has 7 heteroatoms. The van der Waals surface area contributed by atoms with Gasteiger partial charge in [-0.3, -0.25) is 9.59 Å². The third-order valence-electron chi connectivity index (χ3n) is 4.89. The molecule has 1 aromatic heterocycles. The zero-order valence-electron chi connectivity index (χ0n) is 13.3. The lowest BCUT2D eigenvalue weighted by atomic mass is 9.71. The van der Waals surface area contributed by atoms with Crippen LogP contribution >= 0.6 is 11.6 Å². The summed E-state index contributed by atoms with van der Waals surface area (Å²) in [5.41, 5.74) is 12.5. The van der Waals surface area contributed by atoms with Crippen LogP contribution in [0.25, 0.3) is 10.9 Å². The zero-order valence-corrected chi connectivity index (χ0v) is 14.1. The van der Waals surface area contributed by atoms with E-state index in [2.05, 4.69) is 4.98 Å². The number of nitrogens with two attached hydrogens (primary N) is 2. The molecule has 0 saturated heterocycles. The fourth-order valence-electron chi connectivity index (χ4n) is 3.37. The van der Waals surface area contributed by atoms with Crippen molar-refractivity contribution < 1.29 is 14.3 Å². The largest absolute Gasteiger partial charge is 0.469 e. The van der Waals surface area contributed by atoms with E-state index in [1.807, 2.05) is 6.07 Å². The van der Waals surface area contributed by atoms with Crippen LogP contribution in [-0.2, 0) is 9.53 Å². The van der Waals surface area contributed by atoms with Crippen LogP contribution in [0.1, 0.15) is 29.8 Å². The maximum Gasteiger partial charge on any atom is 0.308 e. The molecule has 0 aliphatic heterocycles. The second-order valence-corrected chi connectivity index (χ2v) is 6.82. The zero-order chi connectivity index (χ0) is 17.5. The smallest absolute Gasteiger partial charge is 0.308 e. The average Bonchev–Trinajstić information content (AvgIpc) is 2.98. The summed E-state index contributed by atoms with van der Waals surface area (Å²) in [6, 6.07) is 6.46. The number of carbonyl (C=O) groups is 2. The number of aromatic amines is 1. The van der Waals surface area contributed by atoms with Crippen LogP contribution in [0.5, 0.6) is 0 Å². The maximum atomic E-state index is 12.9. The molecule has 1 fully saturated rings. The molecule has 3 atom stereocenters. The first-order valence-corrected chi connectivity index (χ1v) is 8.18. The van der Waals surface area contributed by atoms with Gasteiger partial charge in [0.1, 0.15) is 0 Å². The standard InChI is InChI=1S/C17H20ClN3O3/c1-24-16(23)9-4-5-17(20,14(19)8-9)15(22)13-7-10-6-11(18)2-3-12(10)21-13/h2-3,6-7,9,14,21H,4-5,8,19-20H2,1H3. The second kappa shape index (κ2) is 6.20. The van der Waals surface area contributed by atoms with Crippen LogP contribution in [-0.4, -0.2) is 35.4 Å². The summed E-state index contributed by atoms with van der Waals surface area (Å²) in [5.74, 6) is -0.859. The summed E-state index contributed by atoms with van der Waals surface area (Å²) in [6.45, 7) is 0. The molecule has 1 heterocycles. The summed E-state index contributed by atoms with van der Waals surface area (Å²) in [4.78, 5) is 27.7. The quantitative estimate of drug-likeness (QED) is 0.579. The van der Waals surface area contributed by atoms with Gasteiger partial charge in [-0.05, 0) is 43.5 Å². The number of hydrogen-bond donors (Lipinski definition) is 3. The molecule has 0 amide bonds. The fourth-order valence-corrected chi connectivity index (χ4v) is 3.55.